The normalized spacial score (nSPS) is 15.6. The summed E-state index contributed by atoms with van der Waals surface area (Å²) in [4.78, 5) is 10.7. The molecule has 1 rings (SSSR count). The van der Waals surface area contributed by atoms with Crippen LogP contribution in [-0.4, -0.2) is 24.1 Å². The molecule has 0 atom stereocenters. The first kappa shape index (κ1) is 8.59. The van der Waals surface area contributed by atoms with Crippen molar-refractivity contribution in [3.8, 4) is 0 Å². The smallest absolute Gasteiger partial charge is 0.367 e. The van der Waals surface area contributed by atoms with Gasteiger partial charge in [-0.15, -0.1) is 0 Å². The zero-order valence-corrected chi connectivity index (χ0v) is 7.04. The summed E-state index contributed by atoms with van der Waals surface area (Å²) < 4.78 is 17.3. The molecule has 0 bridgehead atoms. The number of ether oxygens (including phenoxy) is 1. The number of carbonyl (C=O) groups is 1. The molecule has 0 aromatic heterocycles. The highest BCUT2D eigenvalue weighted by Crippen LogP contribution is 2.27. The molecule has 1 aliphatic heterocycles. The van der Waals surface area contributed by atoms with Gasteiger partial charge in [-0.3, -0.25) is 0 Å². The highest BCUT2D eigenvalue weighted by Gasteiger charge is 2.21. The molecule has 0 saturated carbocycles. The van der Waals surface area contributed by atoms with Gasteiger partial charge in [0.2, 0.25) is 5.83 Å². The minimum Gasteiger partial charge on any atom is -0.461 e. The molecule has 0 aromatic carbocycles. The quantitative estimate of drug-likeness (QED) is 0.471. The van der Waals surface area contributed by atoms with Crippen LogP contribution >= 0.6 is 11.8 Å². The number of hydrogen-bond acceptors (Lipinski definition) is 3. The Morgan fingerprint density at radius 3 is 2.73 bits per heavy atom. The van der Waals surface area contributed by atoms with Crippen LogP contribution in [0.4, 0.5) is 4.39 Å². The Morgan fingerprint density at radius 2 is 2.36 bits per heavy atom. The molecule has 62 valence electrons. The summed E-state index contributed by atoms with van der Waals surface area (Å²) in [7, 11) is 0. The number of hydrogen-bond donors (Lipinski definition) is 0. The third kappa shape index (κ3) is 1.96. The summed E-state index contributed by atoms with van der Waals surface area (Å²) in [5, 5.41) is 0. The van der Waals surface area contributed by atoms with Gasteiger partial charge in [-0.05, 0) is 12.5 Å². The molecule has 0 N–H and O–H groups in total. The highest BCUT2D eigenvalue weighted by molar-refractivity contribution is 8.01. The highest BCUT2D eigenvalue weighted by atomic mass is 32.2. The number of esters is 1. The monoisotopic (exact) mass is 176 g/mol. The van der Waals surface area contributed by atoms with E-state index in [9.17, 15) is 9.18 Å². The van der Waals surface area contributed by atoms with Crippen molar-refractivity contribution >= 4 is 17.7 Å². The number of thioether (sulfide) groups is 1. The van der Waals surface area contributed by atoms with Crippen LogP contribution in [0, 0.1) is 0 Å². The maximum atomic E-state index is 12.8. The van der Waals surface area contributed by atoms with E-state index in [0.29, 0.717) is 17.1 Å². The average molecular weight is 176 g/mol. The van der Waals surface area contributed by atoms with Crippen LogP contribution in [0.1, 0.15) is 6.92 Å². The summed E-state index contributed by atoms with van der Waals surface area (Å²) in [6.07, 6.45) is 0. The van der Waals surface area contributed by atoms with Gasteiger partial charge in [0, 0.05) is 11.5 Å². The van der Waals surface area contributed by atoms with Crippen molar-refractivity contribution in [1.29, 1.82) is 0 Å². The molecule has 4 heteroatoms. The van der Waals surface area contributed by atoms with Crippen LogP contribution < -0.4 is 0 Å². The molecule has 0 unspecified atom stereocenters. The molecule has 0 spiro atoms. The Balaban J connectivity index is 2.51. The van der Waals surface area contributed by atoms with Gasteiger partial charge in [-0.1, -0.05) is 0 Å². The lowest BCUT2D eigenvalue weighted by Crippen LogP contribution is -2.13. The Hall–Kier alpha value is -0.510. The van der Waals surface area contributed by atoms with Crippen LogP contribution in [0.2, 0.25) is 0 Å². The average Bonchev–Trinajstić information content (AvgIpc) is 1.84. The van der Waals surface area contributed by atoms with E-state index in [2.05, 4.69) is 4.74 Å². The summed E-state index contributed by atoms with van der Waals surface area (Å²) in [6.45, 7) is 1.89. The largest absolute Gasteiger partial charge is 0.461 e. The zero-order chi connectivity index (χ0) is 8.27. The second kappa shape index (κ2) is 3.76. The fraction of sp³-hybridized carbons (Fsp3) is 0.571. The van der Waals surface area contributed by atoms with Crippen LogP contribution in [0.25, 0.3) is 0 Å². The Kier molecular flexibility index (Phi) is 2.93. The topological polar surface area (TPSA) is 26.3 Å². The third-order valence-corrected chi connectivity index (χ3v) is 2.42. The minimum absolute atomic E-state index is 0.229. The van der Waals surface area contributed by atoms with E-state index in [1.807, 2.05) is 0 Å². The Morgan fingerprint density at radius 1 is 1.73 bits per heavy atom. The standard InChI is InChI=1S/C7H9FO2S/c1-2-10-7(9)6(8)5-3-11-4-5/h2-4H2,1H3. The minimum atomic E-state index is -0.817. The Bertz CT molecular complexity index is 195. The van der Waals surface area contributed by atoms with Gasteiger partial charge in [-0.2, -0.15) is 16.2 Å². The zero-order valence-electron chi connectivity index (χ0n) is 6.22. The molecule has 0 aromatic rings. The molecule has 0 amide bonds. The van der Waals surface area contributed by atoms with E-state index in [1.165, 1.54) is 0 Å². The first-order chi connectivity index (χ1) is 5.25. The van der Waals surface area contributed by atoms with Gasteiger partial charge in [-0.25, -0.2) is 4.79 Å². The van der Waals surface area contributed by atoms with E-state index in [4.69, 9.17) is 0 Å². The maximum absolute atomic E-state index is 12.8. The van der Waals surface area contributed by atoms with Crippen molar-refractivity contribution in [2.75, 3.05) is 18.1 Å². The number of carbonyl (C=O) groups excluding carboxylic acids is 1. The number of rotatable bonds is 2. The second-order valence-corrected chi connectivity index (χ2v) is 3.12. The van der Waals surface area contributed by atoms with Gasteiger partial charge in [0.1, 0.15) is 0 Å². The van der Waals surface area contributed by atoms with Crippen molar-refractivity contribution in [1.82, 2.24) is 0 Å². The van der Waals surface area contributed by atoms with E-state index < -0.39 is 11.8 Å². The van der Waals surface area contributed by atoms with Crippen LogP contribution in [-0.2, 0) is 9.53 Å². The second-order valence-electron chi connectivity index (χ2n) is 2.13. The van der Waals surface area contributed by atoms with E-state index in [-0.39, 0.29) is 6.61 Å². The molecule has 1 heterocycles. The van der Waals surface area contributed by atoms with E-state index >= 15 is 0 Å². The van der Waals surface area contributed by atoms with Crippen LogP contribution in [0.5, 0.6) is 0 Å². The summed E-state index contributed by atoms with van der Waals surface area (Å²) in [5.41, 5.74) is 0.577. The first-order valence-corrected chi connectivity index (χ1v) is 4.53. The lowest BCUT2D eigenvalue weighted by molar-refractivity contribution is -0.140. The molecule has 2 nitrogen and oxygen atoms in total. The molecule has 1 aliphatic rings. The third-order valence-electron chi connectivity index (χ3n) is 1.32. The van der Waals surface area contributed by atoms with Crippen molar-refractivity contribution < 1.29 is 13.9 Å². The maximum Gasteiger partial charge on any atom is 0.367 e. The Labute approximate surface area is 68.8 Å². The van der Waals surface area contributed by atoms with Gasteiger partial charge in [0.25, 0.3) is 0 Å². The van der Waals surface area contributed by atoms with Gasteiger partial charge in [0.15, 0.2) is 0 Å². The summed E-state index contributed by atoms with van der Waals surface area (Å²) in [6, 6.07) is 0. The predicted octanol–water partition coefficient (Wildman–Crippen LogP) is 1.52. The van der Waals surface area contributed by atoms with Crippen LogP contribution in [0.3, 0.4) is 0 Å². The molecule has 11 heavy (non-hydrogen) atoms. The van der Waals surface area contributed by atoms with Crippen molar-refractivity contribution in [3.63, 3.8) is 0 Å². The van der Waals surface area contributed by atoms with Crippen molar-refractivity contribution in [3.05, 3.63) is 11.4 Å². The first-order valence-electron chi connectivity index (χ1n) is 3.38. The number of halogens is 1. The molecule has 0 aliphatic carbocycles. The fourth-order valence-electron chi connectivity index (χ4n) is 0.670. The van der Waals surface area contributed by atoms with Gasteiger partial charge in [0.05, 0.1) is 6.61 Å². The summed E-state index contributed by atoms with van der Waals surface area (Å²) >= 11 is 1.60. The van der Waals surface area contributed by atoms with Gasteiger partial charge >= 0.3 is 5.97 Å². The predicted molar refractivity (Wildman–Crippen MR) is 42.1 cm³/mol. The van der Waals surface area contributed by atoms with Crippen molar-refractivity contribution in [2.24, 2.45) is 0 Å². The van der Waals surface area contributed by atoms with Crippen molar-refractivity contribution in [2.45, 2.75) is 6.92 Å². The lowest BCUT2D eigenvalue weighted by Gasteiger charge is -2.15. The summed E-state index contributed by atoms with van der Waals surface area (Å²) in [5.74, 6) is -0.247. The van der Waals surface area contributed by atoms with Crippen LogP contribution in [0.15, 0.2) is 11.4 Å². The van der Waals surface area contributed by atoms with E-state index in [0.717, 1.165) is 0 Å². The molecule has 1 saturated heterocycles. The molecule has 1 fully saturated rings. The lowest BCUT2D eigenvalue weighted by atomic mass is 10.3. The molecular weight excluding hydrogens is 167 g/mol. The van der Waals surface area contributed by atoms with Gasteiger partial charge < -0.3 is 4.74 Å². The SMILES string of the molecule is CCOC(=O)C(F)=C1CSC1. The molecule has 0 radical (unpaired) electrons. The fourth-order valence-corrected chi connectivity index (χ4v) is 1.33. The van der Waals surface area contributed by atoms with E-state index in [1.54, 1.807) is 18.7 Å². The molecular formula is C7H9FO2S.